The van der Waals surface area contributed by atoms with Gasteiger partial charge in [0.1, 0.15) is 5.82 Å². The molecule has 1 N–H and O–H groups in total. The van der Waals surface area contributed by atoms with Crippen molar-refractivity contribution < 1.29 is 9.47 Å². The SMILES string of the molecule is CCOc1cc(-c2ncc[nH]2)cc(Cl)c1OC(C)C. The molecule has 0 unspecified atom stereocenters. The molecule has 0 amide bonds. The summed E-state index contributed by atoms with van der Waals surface area (Å²) >= 11 is 6.28. The molecule has 2 aromatic rings. The minimum Gasteiger partial charge on any atom is -0.490 e. The van der Waals surface area contributed by atoms with Gasteiger partial charge in [-0.05, 0) is 32.9 Å². The minimum atomic E-state index is 0.0335. The first-order valence-corrected chi connectivity index (χ1v) is 6.62. The van der Waals surface area contributed by atoms with Crippen LogP contribution in [0.15, 0.2) is 24.5 Å². The lowest BCUT2D eigenvalue weighted by molar-refractivity contribution is 0.224. The van der Waals surface area contributed by atoms with Gasteiger partial charge in [0.2, 0.25) is 0 Å². The van der Waals surface area contributed by atoms with Crippen LogP contribution >= 0.6 is 11.6 Å². The topological polar surface area (TPSA) is 47.1 Å². The van der Waals surface area contributed by atoms with Crippen molar-refractivity contribution in [1.82, 2.24) is 9.97 Å². The Labute approximate surface area is 117 Å². The van der Waals surface area contributed by atoms with Gasteiger partial charge in [0.05, 0.1) is 17.7 Å². The number of rotatable bonds is 5. The molecule has 1 heterocycles. The van der Waals surface area contributed by atoms with Crippen molar-refractivity contribution in [3.8, 4) is 22.9 Å². The van der Waals surface area contributed by atoms with E-state index in [0.29, 0.717) is 23.1 Å². The summed E-state index contributed by atoms with van der Waals surface area (Å²) < 4.78 is 11.3. The summed E-state index contributed by atoms with van der Waals surface area (Å²) in [5.41, 5.74) is 0.870. The Hall–Kier alpha value is -1.68. The second-order valence-corrected chi connectivity index (χ2v) is 4.73. The maximum atomic E-state index is 6.28. The maximum Gasteiger partial charge on any atom is 0.180 e. The highest BCUT2D eigenvalue weighted by Crippen LogP contribution is 2.39. The Bertz CT molecular complexity index is 539. The molecule has 0 aliphatic heterocycles. The lowest BCUT2D eigenvalue weighted by Gasteiger charge is -2.16. The Morgan fingerprint density at radius 1 is 1.37 bits per heavy atom. The van der Waals surface area contributed by atoms with Crippen molar-refractivity contribution in [3.63, 3.8) is 0 Å². The molecular formula is C14H17ClN2O2. The van der Waals surface area contributed by atoms with Gasteiger partial charge in [-0.25, -0.2) is 4.98 Å². The highest BCUT2D eigenvalue weighted by Gasteiger charge is 2.15. The minimum absolute atomic E-state index is 0.0335. The molecule has 2 rings (SSSR count). The molecule has 1 aromatic heterocycles. The zero-order chi connectivity index (χ0) is 13.8. The third-order valence-electron chi connectivity index (χ3n) is 2.43. The molecule has 4 nitrogen and oxygen atoms in total. The van der Waals surface area contributed by atoms with Crippen LogP contribution in [0.1, 0.15) is 20.8 Å². The highest BCUT2D eigenvalue weighted by molar-refractivity contribution is 6.32. The van der Waals surface area contributed by atoms with Crippen molar-refractivity contribution in [2.24, 2.45) is 0 Å². The van der Waals surface area contributed by atoms with Gasteiger partial charge >= 0.3 is 0 Å². The van der Waals surface area contributed by atoms with Crippen LogP contribution in [0.4, 0.5) is 0 Å². The molecule has 5 heteroatoms. The fourth-order valence-corrected chi connectivity index (χ4v) is 2.00. The van der Waals surface area contributed by atoms with Crippen LogP contribution in [0, 0.1) is 0 Å². The van der Waals surface area contributed by atoms with Gasteiger partial charge in [-0.2, -0.15) is 0 Å². The molecule has 102 valence electrons. The van der Waals surface area contributed by atoms with Crippen LogP contribution < -0.4 is 9.47 Å². The Balaban J connectivity index is 2.45. The summed E-state index contributed by atoms with van der Waals surface area (Å²) in [5.74, 6) is 1.96. The molecule has 0 spiro atoms. The molecule has 19 heavy (non-hydrogen) atoms. The summed E-state index contributed by atoms with van der Waals surface area (Å²) in [5, 5.41) is 0.519. The Morgan fingerprint density at radius 2 is 2.16 bits per heavy atom. The van der Waals surface area contributed by atoms with Crippen LogP contribution in [0.5, 0.6) is 11.5 Å². The van der Waals surface area contributed by atoms with Crippen molar-refractivity contribution in [2.45, 2.75) is 26.9 Å². The normalized spacial score (nSPS) is 10.8. The number of aromatic amines is 1. The van der Waals surface area contributed by atoms with E-state index >= 15 is 0 Å². The second-order valence-electron chi connectivity index (χ2n) is 4.32. The van der Waals surface area contributed by atoms with Gasteiger partial charge < -0.3 is 14.5 Å². The van der Waals surface area contributed by atoms with Gasteiger partial charge in [0.15, 0.2) is 11.5 Å². The second kappa shape index (κ2) is 5.97. The summed E-state index contributed by atoms with van der Waals surface area (Å²) in [7, 11) is 0. The number of nitrogens with one attached hydrogen (secondary N) is 1. The number of imidazole rings is 1. The van der Waals surface area contributed by atoms with E-state index in [1.807, 2.05) is 32.9 Å². The van der Waals surface area contributed by atoms with Crippen LogP contribution in [0.3, 0.4) is 0 Å². The highest BCUT2D eigenvalue weighted by atomic mass is 35.5. The molecule has 0 aliphatic carbocycles. The maximum absolute atomic E-state index is 6.28. The van der Waals surface area contributed by atoms with Crippen LogP contribution in [-0.4, -0.2) is 22.7 Å². The molecule has 1 aromatic carbocycles. The van der Waals surface area contributed by atoms with Crippen molar-refractivity contribution in [2.75, 3.05) is 6.61 Å². The predicted octanol–water partition coefficient (Wildman–Crippen LogP) is 3.92. The quantitative estimate of drug-likeness (QED) is 0.903. The number of H-pyrrole nitrogens is 1. The summed E-state index contributed by atoms with van der Waals surface area (Å²) in [6, 6.07) is 3.70. The molecule has 0 aliphatic rings. The van der Waals surface area contributed by atoms with Crippen molar-refractivity contribution in [3.05, 3.63) is 29.5 Å². The molecule has 0 saturated heterocycles. The van der Waals surface area contributed by atoms with Gasteiger partial charge in [-0.1, -0.05) is 11.6 Å². The zero-order valence-corrected chi connectivity index (χ0v) is 12.0. The Kier molecular flexibility index (Phi) is 4.32. The third kappa shape index (κ3) is 3.20. The van der Waals surface area contributed by atoms with E-state index in [1.54, 1.807) is 12.4 Å². The average molecular weight is 281 g/mol. The van der Waals surface area contributed by atoms with E-state index in [-0.39, 0.29) is 6.10 Å². The van der Waals surface area contributed by atoms with Crippen molar-refractivity contribution in [1.29, 1.82) is 0 Å². The lowest BCUT2D eigenvalue weighted by Crippen LogP contribution is -2.08. The van der Waals surface area contributed by atoms with E-state index < -0.39 is 0 Å². The monoisotopic (exact) mass is 280 g/mol. The van der Waals surface area contributed by atoms with Crippen LogP contribution in [0.25, 0.3) is 11.4 Å². The molecular weight excluding hydrogens is 264 g/mol. The molecule has 0 radical (unpaired) electrons. The summed E-state index contributed by atoms with van der Waals surface area (Å²) in [6.45, 7) is 6.37. The number of benzene rings is 1. The number of halogens is 1. The molecule has 0 atom stereocenters. The fourth-order valence-electron chi connectivity index (χ4n) is 1.74. The molecule has 0 saturated carbocycles. The first-order chi connectivity index (χ1) is 9.11. The largest absolute Gasteiger partial charge is 0.490 e. The van der Waals surface area contributed by atoms with E-state index in [1.165, 1.54) is 0 Å². The predicted molar refractivity (Wildman–Crippen MR) is 76.0 cm³/mol. The van der Waals surface area contributed by atoms with E-state index in [2.05, 4.69) is 9.97 Å². The van der Waals surface area contributed by atoms with E-state index in [4.69, 9.17) is 21.1 Å². The number of ether oxygens (including phenoxy) is 2. The number of hydrogen-bond acceptors (Lipinski definition) is 3. The first-order valence-electron chi connectivity index (χ1n) is 6.24. The summed E-state index contributed by atoms with van der Waals surface area (Å²) in [4.78, 5) is 7.25. The van der Waals surface area contributed by atoms with Crippen LogP contribution in [-0.2, 0) is 0 Å². The lowest BCUT2D eigenvalue weighted by atomic mass is 10.2. The van der Waals surface area contributed by atoms with Gasteiger partial charge in [0.25, 0.3) is 0 Å². The number of hydrogen-bond donors (Lipinski definition) is 1. The van der Waals surface area contributed by atoms with Crippen LogP contribution in [0.2, 0.25) is 5.02 Å². The fraction of sp³-hybridized carbons (Fsp3) is 0.357. The summed E-state index contributed by atoms with van der Waals surface area (Å²) in [6.07, 6.45) is 3.50. The van der Waals surface area contributed by atoms with Gasteiger partial charge in [-0.15, -0.1) is 0 Å². The van der Waals surface area contributed by atoms with Crippen molar-refractivity contribution >= 4 is 11.6 Å². The van der Waals surface area contributed by atoms with E-state index in [9.17, 15) is 0 Å². The molecule has 0 fully saturated rings. The molecule has 0 bridgehead atoms. The number of aromatic nitrogens is 2. The van der Waals surface area contributed by atoms with Gasteiger partial charge in [-0.3, -0.25) is 0 Å². The standard InChI is InChI=1S/C14H17ClN2O2/c1-4-18-12-8-10(14-16-5-6-17-14)7-11(15)13(12)19-9(2)3/h5-9H,4H2,1-3H3,(H,16,17). The smallest absolute Gasteiger partial charge is 0.180 e. The first kappa shape index (κ1) is 13.7. The average Bonchev–Trinajstić information content (AvgIpc) is 2.86. The zero-order valence-electron chi connectivity index (χ0n) is 11.2. The van der Waals surface area contributed by atoms with E-state index in [0.717, 1.165) is 11.4 Å². The van der Waals surface area contributed by atoms with Gasteiger partial charge in [0, 0.05) is 18.0 Å². The Morgan fingerprint density at radius 3 is 2.74 bits per heavy atom. The number of nitrogens with zero attached hydrogens (tertiary/aromatic N) is 1. The third-order valence-corrected chi connectivity index (χ3v) is 2.72.